The van der Waals surface area contributed by atoms with Gasteiger partial charge in [0.15, 0.2) is 12.2 Å². The van der Waals surface area contributed by atoms with Crippen LogP contribution >= 0.6 is 0 Å². The molecule has 1 aromatic heterocycles. The number of pyridine rings is 1. The molecule has 1 aromatic rings. The van der Waals surface area contributed by atoms with Gasteiger partial charge in [0.1, 0.15) is 18.4 Å². The molecule has 2 bridgehead atoms. The largest absolute Gasteiger partial charge is 0.480 e. The Bertz CT molecular complexity index is 1250. The minimum Gasteiger partial charge on any atom is -0.480 e. The zero-order valence-electron chi connectivity index (χ0n) is 27.9. The monoisotopic (exact) mass is 694 g/mol. The minimum absolute atomic E-state index is 0.0494. The lowest BCUT2D eigenvalue weighted by Gasteiger charge is -2.34. The molecule has 2 heterocycles. The second kappa shape index (κ2) is 21.8. The Balaban J connectivity index is 2.06. The van der Waals surface area contributed by atoms with Crippen LogP contribution in [0.15, 0.2) is 18.2 Å². The normalized spacial score (nSPS) is 17.4. The second-order valence-corrected chi connectivity index (χ2v) is 12.1. The molecule has 4 unspecified atom stereocenters. The standard InChI is InChI=1S/C32H50N6O11/c1-36-15-17-37(24(30(44)45)10-2-4-13-33-26(40)12-7-19-39)20-22-8-6-9-23(35-22)21-38(18-16-36)25(31(46)47)11-3-5-14-34-29(43)27(41)28(42)32(48)49/h6,8-9,19,24-25,27-28,41-42H,2-5,7,10-18,20-21H2,1H3,(H,33,40)(H,34,43)(H,44,45)(H,46,47)(H,48,49). The van der Waals surface area contributed by atoms with Crippen LogP contribution in [0.2, 0.25) is 0 Å². The lowest BCUT2D eigenvalue weighted by molar-refractivity contribution is -0.158. The number of nitrogens with one attached hydrogen (secondary N) is 2. The number of carboxylic acids is 3. The molecule has 2 amide bonds. The summed E-state index contributed by atoms with van der Waals surface area (Å²) in [5.74, 6) is -4.96. The van der Waals surface area contributed by atoms with E-state index in [2.05, 4.69) is 10.6 Å². The van der Waals surface area contributed by atoms with Crippen molar-refractivity contribution in [1.82, 2.24) is 30.3 Å². The number of likely N-dealkylation sites (N-methyl/N-ethyl adjacent to an activating group) is 1. The van der Waals surface area contributed by atoms with Crippen molar-refractivity contribution < 1.29 is 54.3 Å². The van der Waals surface area contributed by atoms with Gasteiger partial charge < -0.3 is 45.9 Å². The van der Waals surface area contributed by atoms with Crippen molar-refractivity contribution in [3.63, 3.8) is 0 Å². The number of carbonyl (C=O) groups excluding carboxylic acids is 3. The summed E-state index contributed by atoms with van der Waals surface area (Å²) in [6, 6.07) is 3.75. The number of hydrogen-bond donors (Lipinski definition) is 7. The van der Waals surface area contributed by atoms with Crippen molar-refractivity contribution >= 4 is 36.0 Å². The molecule has 0 saturated carbocycles. The van der Waals surface area contributed by atoms with Crippen LogP contribution < -0.4 is 10.6 Å². The SMILES string of the molecule is CN1CCN(C(CCCCNC(=O)CCC=O)C(=O)O)Cc2cccc(n2)CN(C(CCCCNC(=O)C(O)C(O)C(=O)O)C(=O)O)CC1. The summed E-state index contributed by atoms with van der Waals surface area (Å²) in [5, 5.41) is 53.1. The third kappa shape index (κ3) is 15.0. The summed E-state index contributed by atoms with van der Waals surface area (Å²) in [7, 11) is 1.89. The summed E-state index contributed by atoms with van der Waals surface area (Å²) in [4.78, 5) is 80.1. The highest BCUT2D eigenvalue weighted by Crippen LogP contribution is 2.18. The number of aldehydes is 1. The summed E-state index contributed by atoms with van der Waals surface area (Å²) >= 11 is 0. The number of hydrogen-bond acceptors (Lipinski definition) is 12. The van der Waals surface area contributed by atoms with Gasteiger partial charge in [0.05, 0.1) is 11.4 Å². The topological polar surface area (TPSA) is 250 Å². The average Bonchev–Trinajstić information content (AvgIpc) is 3.06. The zero-order chi connectivity index (χ0) is 36.3. The maximum atomic E-state index is 12.4. The number of amides is 2. The quantitative estimate of drug-likeness (QED) is 0.0632. The summed E-state index contributed by atoms with van der Waals surface area (Å²) in [6.07, 6.45) is -0.892. The van der Waals surface area contributed by atoms with Crippen LogP contribution in [-0.2, 0) is 41.9 Å². The lowest BCUT2D eigenvalue weighted by Crippen LogP contribution is -2.47. The van der Waals surface area contributed by atoms with E-state index >= 15 is 0 Å². The first kappa shape index (κ1) is 41.1. The molecule has 1 aliphatic rings. The molecule has 0 saturated heterocycles. The van der Waals surface area contributed by atoms with Crippen LogP contribution in [0.4, 0.5) is 0 Å². The van der Waals surface area contributed by atoms with Gasteiger partial charge in [-0.1, -0.05) is 6.07 Å². The Morgan fingerprint density at radius 3 is 1.76 bits per heavy atom. The molecular weight excluding hydrogens is 644 g/mol. The maximum Gasteiger partial charge on any atom is 0.335 e. The number of rotatable bonds is 20. The van der Waals surface area contributed by atoms with Gasteiger partial charge in [-0.25, -0.2) is 4.79 Å². The molecule has 7 N–H and O–H groups in total. The van der Waals surface area contributed by atoms with Gasteiger partial charge in [0.25, 0.3) is 5.91 Å². The number of carbonyl (C=O) groups is 6. The second-order valence-electron chi connectivity index (χ2n) is 12.1. The van der Waals surface area contributed by atoms with Crippen molar-refractivity contribution in [2.24, 2.45) is 0 Å². The van der Waals surface area contributed by atoms with Crippen molar-refractivity contribution in [1.29, 1.82) is 0 Å². The smallest absolute Gasteiger partial charge is 0.335 e. The van der Waals surface area contributed by atoms with Gasteiger partial charge in [0, 0.05) is 65.2 Å². The fourth-order valence-corrected chi connectivity index (χ4v) is 5.47. The first-order valence-corrected chi connectivity index (χ1v) is 16.5. The third-order valence-corrected chi connectivity index (χ3v) is 8.32. The van der Waals surface area contributed by atoms with E-state index in [1.54, 1.807) is 12.1 Å². The first-order chi connectivity index (χ1) is 23.3. The lowest BCUT2D eigenvalue weighted by atomic mass is 10.1. The fraction of sp³-hybridized carbons (Fsp3) is 0.656. The van der Waals surface area contributed by atoms with Crippen molar-refractivity contribution in [2.75, 3.05) is 46.3 Å². The van der Waals surface area contributed by atoms with Gasteiger partial charge in [-0.2, -0.15) is 0 Å². The van der Waals surface area contributed by atoms with Crippen LogP contribution in [-0.4, -0.2) is 152 Å². The molecule has 0 fully saturated rings. The number of carboxylic acid groups (broad SMARTS) is 3. The third-order valence-electron chi connectivity index (χ3n) is 8.32. The van der Waals surface area contributed by atoms with E-state index < -0.39 is 48.1 Å². The molecule has 274 valence electrons. The highest BCUT2D eigenvalue weighted by Gasteiger charge is 2.31. The first-order valence-electron chi connectivity index (χ1n) is 16.5. The molecule has 49 heavy (non-hydrogen) atoms. The van der Waals surface area contributed by atoms with Crippen LogP contribution in [0.1, 0.15) is 62.8 Å². The molecule has 2 rings (SSSR count). The summed E-state index contributed by atoms with van der Waals surface area (Å²) in [6.45, 7) is 2.77. The zero-order valence-corrected chi connectivity index (χ0v) is 27.9. The number of nitrogens with zero attached hydrogens (tertiary/aromatic N) is 4. The van der Waals surface area contributed by atoms with Gasteiger partial charge in [0.2, 0.25) is 5.91 Å². The molecule has 4 atom stereocenters. The summed E-state index contributed by atoms with van der Waals surface area (Å²) in [5.41, 5.74) is 1.27. The van der Waals surface area contributed by atoms with E-state index in [0.717, 1.165) is 0 Å². The van der Waals surface area contributed by atoms with E-state index in [9.17, 15) is 49.2 Å². The Morgan fingerprint density at radius 1 is 0.776 bits per heavy atom. The highest BCUT2D eigenvalue weighted by molar-refractivity contribution is 5.87. The molecule has 0 spiro atoms. The Labute approximate surface area is 285 Å². The van der Waals surface area contributed by atoms with E-state index in [1.807, 2.05) is 27.8 Å². The molecule has 0 aromatic carbocycles. The molecule has 17 nitrogen and oxygen atoms in total. The molecule has 0 radical (unpaired) electrons. The minimum atomic E-state index is -2.25. The van der Waals surface area contributed by atoms with Gasteiger partial charge in [-0.15, -0.1) is 0 Å². The fourth-order valence-electron chi connectivity index (χ4n) is 5.47. The highest BCUT2D eigenvalue weighted by atomic mass is 16.4. The van der Waals surface area contributed by atoms with Gasteiger partial charge in [-0.3, -0.25) is 34.0 Å². The number of unbranched alkanes of at least 4 members (excludes halogenated alkanes) is 2. The van der Waals surface area contributed by atoms with Crippen molar-refractivity contribution in [2.45, 2.75) is 88.7 Å². The van der Waals surface area contributed by atoms with E-state index in [4.69, 9.17) is 10.1 Å². The molecule has 0 aliphatic carbocycles. The van der Waals surface area contributed by atoms with E-state index in [-0.39, 0.29) is 44.8 Å². The predicted molar refractivity (Wildman–Crippen MR) is 174 cm³/mol. The van der Waals surface area contributed by atoms with Crippen LogP contribution in [0.25, 0.3) is 0 Å². The Kier molecular flexibility index (Phi) is 18.3. The summed E-state index contributed by atoms with van der Waals surface area (Å²) < 4.78 is 0. The molecule has 1 aliphatic heterocycles. The number of fused-ring (bicyclic) bond motifs is 2. The van der Waals surface area contributed by atoms with Gasteiger partial charge in [-0.05, 0) is 57.7 Å². The Morgan fingerprint density at radius 2 is 1.29 bits per heavy atom. The van der Waals surface area contributed by atoms with Gasteiger partial charge >= 0.3 is 17.9 Å². The van der Waals surface area contributed by atoms with E-state index in [0.29, 0.717) is 82.5 Å². The van der Waals surface area contributed by atoms with E-state index in [1.165, 1.54) is 0 Å². The predicted octanol–water partition coefficient (Wildman–Crippen LogP) is -1.10. The Hall–Kier alpha value is -4.03. The number of aliphatic hydroxyl groups excluding tert-OH is 2. The maximum absolute atomic E-state index is 12.4. The molecule has 17 heteroatoms. The van der Waals surface area contributed by atoms with Crippen LogP contribution in [0.5, 0.6) is 0 Å². The number of aromatic nitrogens is 1. The molecular formula is C32H50N6O11. The number of aliphatic carboxylic acids is 3. The van der Waals surface area contributed by atoms with Crippen molar-refractivity contribution in [3.05, 3.63) is 29.6 Å². The average molecular weight is 695 g/mol. The number of aliphatic hydroxyl groups is 2. The van der Waals surface area contributed by atoms with Crippen LogP contribution in [0.3, 0.4) is 0 Å². The van der Waals surface area contributed by atoms with Crippen LogP contribution in [0, 0.1) is 0 Å². The van der Waals surface area contributed by atoms with Crippen molar-refractivity contribution in [3.8, 4) is 0 Å².